The Bertz CT molecular complexity index is 1240. The van der Waals surface area contributed by atoms with Crippen LogP contribution < -0.4 is 9.64 Å². The third-order valence-electron chi connectivity index (χ3n) is 6.80. The lowest BCUT2D eigenvalue weighted by Crippen LogP contribution is -2.49. The maximum absolute atomic E-state index is 14.5. The maximum Gasteiger partial charge on any atom is 0.257 e. The van der Waals surface area contributed by atoms with Crippen molar-refractivity contribution in [3.8, 4) is 5.75 Å². The van der Waals surface area contributed by atoms with Gasteiger partial charge in [0.15, 0.2) is 33.1 Å². The van der Waals surface area contributed by atoms with Gasteiger partial charge in [-0.3, -0.25) is 4.79 Å². The topological polar surface area (TPSA) is 66.9 Å². The summed E-state index contributed by atoms with van der Waals surface area (Å²) in [6.45, 7) is 0.800. The van der Waals surface area contributed by atoms with Crippen LogP contribution in [0.5, 0.6) is 5.75 Å². The number of hydrogen-bond donors (Lipinski definition) is 0. The van der Waals surface area contributed by atoms with Crippen LogP contribution in [-0.4, -0.2) is 57.8 Å². The van der Waals surface area contributed by atoms with E-state index in [1.165, 1.54) is 23.1 Å². The fourth-order valence-corrected chi connectivity index (χ4v) is 5.33. The zero-order valence-corrected chi connectivity index (χ0v) is 20.9. The molecule has 1 amide bonds. The molecule has 0 spiro atoms. The summed E-state index contributed by atoms with van der Waals surface area (Å²) >= 11 is 0. The van der Waals surface area contributed by atoms with Gasteiger partial charge in [0.2, 0.25) is 0 Å². The first-order chi connectivity index (χ1) is 17.0. The van der Waals surface area contributed by atoms with Crippen molar-refractivity contribution in [2.75, 3.05) is 37.3 Å². The molecule has 2 aromatic carbocycles. The van der Waals surface area contributed by atoms with Crippen LogP contribution in [0.2, 0.25) is 0 Å². The van der Waals surface area contributed by atoms with Gasteiger partial charge in [0, 0.05) is 38.0 Å². The van der Waals surface area contributed by atoms with E-state index in [9.17, 15) is 30.8 Å². The van der Waals surface area contributed by atoms with E-state index >= 15 is 0 Å². The quantitative estimate of drug-likeness (QED) is 0.418. The summed E-state index contributed by atoms with van der Waals surface area (Å²) in [7, 11) is -3.59. The van der Waals surface area contributed by atoms with Crippen LogP contribution in [0.1, 0.15) is 48.0 Å². The fourth-order valence-electron chi connectivity index (χ4n) is 4.68. The standard InChI is InChI=1S/C25H28F4N2O4S/c1-15-20(26)22(28)24(23(29)21(15)27)30-10-12-31(13-11-30)25(32)18-14-17(36(2,33)34)8-9-19(18)35-16-6-4-3-5-7-16/h8-9,14,16H,3-7,10-13H2,1-2H3. The molecule has 0 atom stereocenters. The number of amides is 1. The highest BCUT2D eigenvalue weighted by Crippen LogP contribution is 2.33. The number of piperazine rings is 1. The second-order valence-corrected chi connectivity index (χ2v) is 11.3. The lowest BCUT2D eigenvalue weighted by atomic mass is 9.97. The van der Waals surface area contributed by atoms with Crippen LogP contribution in [0, 0.1) is 30.2 Å². The predicted molar refractivity (Wildman–Crippen MR) is 126 cm³/mol. The van der Waals surface area contributed by atoms with Crippen LogP contribution in [0.15, 0.2) is 23.1 Å². The van der Waals surface area contributed by atoms with Gasteiger partial charge in [-0.25, -0.2) is 26.0 Å². The van der Waals surface area contributed by atoms with E-state index in [0.29, 0.717) is 0 Å². The Morgan fingerprint density at radius 3 is 2.06 bits per heavy atom. The Morgan fingerprint density at radius 2 is 1.50 bits per heavy atom. The highest BCUT2D eigenvalue weighted by Gasteiger charge is 2.32. The number of ether oxygens (including phenoxy) is 1. The SMILES string of the molecule is Cc1c(F)c(F)c(N2CCN(C(=O)c3cc(S(C)(=O)=O)ccc3OC3CCCCC3)CC2)c(F)c1F. The van der Waals surface area contributed by atoms with Gasteiger partial charge in [-0.2, -0.15) is 0 Å². The van der Waals surface area contributed by atoms with Gasteiger partial charge in [-0.1, -0.05) is 6.42 Å². The largest absolute Gasteiger partial charge is 0.490 e. The molecular formula is C25H28F4N2O4S. The first kappa shape index (κ1) is 26.2. The predicted octanol–water partition coefficient (Wildman–Crippen LogP) is 4.63. The summed E-state index contributed by atoms with van der Waals surface area (Å²) in [6.07, 6.45) is 5.75. The molecule has 1 aliphatic heterocycles. The van der Waals surface area contributed by atoms with Crippen molar-refractivity contribution in [3.05, 3.63) is 52.6 Å². The van der Waals surface area contributed by atoms with Gasteiger partial charge < -0.3 is 14.5 Å². The van der Waals surface area contributed by atoms with E-state index in [2.05, 4.69) is 0 Å². The molecule has 0 bridgehead atoms. The molecule has 2 aromatic rings. The van der Waals surface area contributed by atoms with E-state index in [1.54, 1.807) is 0 Å². The number of benzene rings is 2. The van der Waals surface area contributed by atoms with Gasteiger partial charge >= 0.3 is 0 Å². The number of hydrogen-bond acceptors (Lipinski definition) is 5. The molecule has 1 heterocycles. The molecule has 1 saturated heterocycles. The highest BCUT2D eigenvalue weighted by molar-refractivity contribution is 7.90. The second-order valence-electron chi connectivity index (χ2n) is 9.32. The summed E-state index contributed by atoms with van der Waals surface area (Å²) in [6, 6.07) is 4.16. The molecule has 0 radical (unpaired) electrons. The van der Waals surface area contributed by atoms with Crippen molar-refractivity contribution in [1.29, 1.82) is 0 Å². The smallest absolute Gasteiger partial charge is 0.257 e. The third kappa shape index (κ3) is 5.16. The molecule has 0 N–H and O–H groups in total. The Hall–Kier alpha value is -2.82. The molecule has 36 heavy (non-hydrogen) atoms. The minimum absolute atomic E-state index is 0.000793. The normalized spacial score (nSPS) is 17.4. The van der Waals surface area contributed by atoms with Crippen molar-refractivity contribution < 1.29 is 35.5 Å². The fraction of sp³-hybridized carbons (Fsp3) is 0.480. The summed E-state index contributed by atoms with van der Waals surface area (Å²) < 4.78 is 87.4. The Labute approximate surface area is 207 Å². The molecule has 0 unspecified atom stereocenters. The highest BCUT2D eigenvalue weighted by atomic mass is 32.2. The molecule has 4 rings (SSSR count). The molecule has 2 aliphatic rings. The average Bonchev–Trinajstić information content (AvgIpc) is 2.86. The van der Waals surface area contributed by atoms with Crippen molar-refractivity contribution in [1.82, 2.24) is 4.90 Å². The maximum atomic E-state index is 14.5. The van der Waals surface area contributed by atoms with Crippen molar-refractivity contribution in [3.63, 3.8) is 0 Å². The molecule has 6 nitrogen and oxygen atoms in total. The van der Waals surface area contributed by atoms with Gasteiger partial charge in [0.1, 0.15) is 11.4 Å². The monoisotopic (exact) mass is 528 g/mol. The minimum Gasteiger partial charge on any atom is -0.490 e. The average molecular weight is 529 g/mol. The van der Waals surface area contributed by atoms with E-state index < -0.39 is 50.3 Å². The number of anilines is 1. The molecule has 11 heteroatoms. The summed E-state index contributed by atoms with van der Waals surface area (Å²) in [5.41, 5.74) is -1.45. The first-order valence-electron chi connectivity index (χ1n) is 11.9. The zero-order valence-electron chi connectivity index (χ0n) is 20.1. The number of carbonyl (C=O) groups excluding carboxylic acids is 1. The lowest BCUT2D eigenvalue weighted by molar-refractivity contribution is 0.0735. The van der Waals surface area contributed by atoms with Crippen LogP contribution in [-0.2, 0) is 9.84 Å². The van der Waals surface area contributed by atoms with Crippen LogP contribution in [0.3, 0.4) is 0 Å². The van der Waals surface area contributed by atoms with Gasteiger partial charge in [0.05, 0.1) is 16.6 Å². The Balaban J connectivity index is 1.57. The van der Waals surface area contributed by atoms with E-state index in [4.69, 9.17) is 4.74 Å². The van der Waals surface area contributed by atoms with Crippen LogP contribution >= 0.6 is 0 Å². The molecule has 1 saturated carbocycles. The van der Waals surface area contributed by atoms with Gasteiger partial charge in [-0.15, -0.1) is 0 Å². The molecule has 196 valence electrons. The van der Waals surface area contributed by atoms with E-state index in [0.717, 1.165) is 50.2 Å². The van der Waals surface area contributed by atoms with Crippen LogP contribution in [0.4, 0.5) is 23.2 Å². The van der Waals surface area contributed by atoms with Crippen molar-refractivity contribution in [2.45, 2.75) is 50.0 Å². The summed E-state index contributed by atoms with van der Waals surface area (Å²) in [5, 5.41) is 0. The Morgan fingerprint density at radius 1 is 0.917 bits per heavy atom. The number of rotatable bonds is 5. The summed E-state index contributed by atoms with van der Waals surface area (Å²) in [4.78, 5) is 16.0. The first-order valence-corrected chi connectivity index (χ1v) is 13.8. The van der Waals surface area contributed by atoms with Gasteiger partial charge in [0.25, 0.3) is 5.91 Å². The van der Waals surface area contributed by atoms with Crippen LogP contribution in [0.25, 0.3) is 0 Å². The van der Waals surface area contributed by atoms with Crippen molar-refractivity contribution >= 4 is 21.4 Å². The Kier molecular flexibility index (Phi) is 7.49. The zero-order chi connectivity index (χ0) is 26.2. The number of carbonyl (C=O) groups is 1. The molecule has 2 fully saturated rings. The molecule has 1 aliphatic carbocycles. The third-order valence-corrected chi connectivity index (χ3v) is 7.91. The number of halogens is 4. The van der Waals surface area contributed by atoms with Gasteiger partial charge in [-0.05, 0) is 50.8 Å². The van der Waals surface area contributed by atoms with E-state index in [-0.39, 0.29) is 48.5 Å². The summed E-state index contributed by atoms with van der Waals surface area (Å²) in [5.74, 6) is -6.07. The lowest BCUT2D eigenvalue weighted by Gasteiger charge is -2.36. The number of nitrogens with zero attached hydrogens (tertiary/aromatic N) is 2. The second kappa shape index (κ2) is 10.3. The number of sulfone groups is 1. The van der Waals surface area contributed by atoms with Crippen molar-refractivity contribution in [2.24, 2.45) is 0 Å². The molecular weight excluding hydrogens is 500 g/mol. The minimum atomic E-state index is -3.59. The van der Waals surface area contributed by atoms with E-state index in [1.807, 2.05) is 0 Å². The molecule has 0 aromatic heterocycles.